The Morgan fingerprint density at radius 1 is 0.696 bits per heavy atom. The van der Waals surface area contributed by atoms with Gasteiger partial charge in [0, 0.05) is 44.0 Å². The van der Waals surface area contributed by atoms with Crippen LogP contribution in [0.15, 0.2) is 132 Å². The van der Waals surface area contributed by atoms with E-state index in [1.807, 2.05) is 66.7 Å². The summed E-state index contributed by atoms with van der Waals surface area (Å²) in [5, 5.41) is 17.5. The fraction of sp³-hybridized carbons (Fsp3) is 0.173. The molecule has 0 unspecified atom stereocenters. The summed E-state index contributed by atoms with van der Waals surface area (Å²) in [5.41, 5.74) is 8.49. The third-order valence-electron chi connectivity index (χ3n) is 12.4. The van der Waals surface area contributed by atoms with Crippen molar-refractivity contribution in [3.63, 3.8) is 0 Å². The molecular formula is C52H43Cl3N6O7S. The van der Waals surface area contributed by atoms with E-state index in [4.69, 9.17) is 39.9 Å². The molecule has 69 heavy (non-hydrogen) atoms. The highest BCUT2D eigenvalue weighted by Crippen LogP contribution is 2.34. The molecule has 2 aliphatic heterocycles. The Morgan fingerprint density at radius 2 is 1.36 bits per heavy atom. The quantitative estimate of drug-likeness (QED) is 0.102. The molecule has 1 aromatic heterocycles. The van der Waals surface area contributed by atoms with Gasteiger partial charge in [0.15, 0.2) is 5.69 Å². The maximum atomic E-state index is 14.6. The van der Waals surface area contributed by atoms with E-state index < -0.39 is 33.7 Å². The van der Waals surface area contributed by atoms with E-state index in [0.29, 0.717) is 60.3 Å². The Hall–Kier alpha value is -6.97. The molecule has 0 aliphatic carbocycles. The molecule has 0 radical (unpaired) electrons. The number of carboxylic acid groups (broad SMARTS) is 1. The molecule has 9 rings (SSSR count). The van der Waals surface area contributed by atoms with Crippen LogP contribution in [0.4, 0.5) is 5.69 Å². The summed E-state index contributed by atoms with van der Waals surface area (Å²) in [6.45, 7) is 3.68. The van der Waals surface area contributed by atoms with Gasteiger partial charge in [-0.1, -0.05) is 114 Å². The summed E-state index contributed by atoms with van der Waals surface area (Å²) >= 11 is 19.1. The predicted molar refractivity (Wildman–Crippen MR) is 265 cm³/mol. The fourth-order valence-electron chi connectivity index (χ4n) is 8.68. The van der Waals surface area contributed by atoms with Gasteiger partial charge in [-0.15, -0.1) is 0 Å². The first kappa shape index (κ1) is 47.1. The third-order valence-corrected chi connectivity index (χ3v) is 14.9. The number of benzene rings is 6. The summed E-state index contributed by atoms with van der Waals surface area (Å²) in [6, 6.07) is 37.0. The van der Waals surface area contributed by atoms with E-state index in [1.54, 1.807) is 48.2 Å². The van der Waals surface area contributed by atoms with Gasteiger partial charge in [-0.25, -0.2) is 17.8 Å². The zero-order valence-corrected chi connectivity index (χ0v) is 40.1. The number of anilines is 1. The van der Waals surface area contributed by atoms with E-state index >= 15 is 0 Å². The highest BCUT2D eigenvalue weighted by molar-refractivity contribution is 7.90. The molecule has 6 aromatic carbocycles. The van der Waals surface area contributed by atoms with Crippen LogP contribution >= 0.6 is 34.8 Å². The number of carbonyl (C=O) groups excluding carboxylic acids is 3. The molecule has 3 amide bonds. The molecule has 3 heterocycles. The topological polar surface area (TPSA) is 171 Å². The van der Waals surface area contributed by atoms with Crippen molar-refractivity contribution in [1.82, 2.24) is 24.7 Å². The first-order chi connectivity index (χ1) is 33.1. The molecule has 3 N–H and O–H groups in total. The number of aliphatic carboxylic acids is 1. The van der Waals surface area contributed by atoms with Gasteiger partial charge in [-0.05, 0) is 113 Å². The number of hydrogen-bond acceptors (Lipinski definition) is 8. The van der Waals surface area contributed by atoms with Crippen molar-refractivity contribution >= 4 is 74.2 Å². The number of halogens is 3. The Balaban J connectivity index is 0.947. The van der Waals surface area contributed by atoms with Crippen molar-refractivity contribution in [3.05, 3.63) is 198 Å². The Kier molecular flexibility index (Phi) is 13.4. The van der Waals surface area contributed by atoms with E-state index in [9.17, 15) is 27.6 Å². The molecule has 17 heteroatoms. The van der Waals surface area contributed by atoms with Crippen LogP contribution in [0.2, 0.25) is 15.1 Å². The third kappa shape index (κ3) is 10.1. The van der Waals surface area contributed by atoms with Crippen LogP contribution in [0.3, 0.4) is 0 Å². The number of rotatable bonds is 13. The lowest BCUT2D eigenvalue weighted by atomic mass is 9.98. The average Bonchev–Trinajstić information content (AvgIpc) is 3.89. The number of nitrogens with zero attached hydrogens (tertiary/aromatic N) is 4. The Bertz CT molecular complexity index is 3310. The van der Waals surface area contributed by atoms with Gasteiger partial charge >= 0.3 is 5.97 Å². The van der Waals surface area contributed by atoms with Crippen molar-refractivity contribution in [2.75, 3.05) is 18.0 Å². The number of aromatic nitrogens is 2. The number of sulfonamides is 1. The number of fused-ring (bicyclic) bond motifs is 2. The standard InChI is InChI=1S/C52H43Cl3N6O7S/c1-31-48(55)49(51(65)56-28-33-8-13-37(14-9-33)36-11-6-32(7-12-36)25-47(62)63)57-61(31)46-18-15-39(27-42(46)52(66)60-23-20-35-4-2-3-5-40(35)30-60)50(64)58-69(67,68)41-16-19-45-38(26-41)21-22-59(45)29-34-10-17-43(53)44(54)24-34/h2-19,24,26-27H,20-23,25,28-30H2,1H3,(H,56,65)(H,58,64)(H,62,63). The largest absolute Gasteiger partial charge is 0.481 e. The molecule has 0 bridgehead atoms. The predicted octanol–water partition coefficient (Wildman–Crippen LogP) is 9.24. The smallest absolute Gasteiger partial charge is 0.307 e. The monoisotopic (exact) mass is 1000 g/mol. The number of hydrogen-bond donors (Lipinski definition) is 3. The van der Waals surface area contributed by atoms with Crippen molar-refractivity contribution in [1.29, 1.82) is 0 Å². The lowest BCUT2D eigenvalue weighted by molar-refractivity contribution is -0.136. The summed E-state index contributed by atoms with van der Waals surface area (Å²) in [4.78, 5) is 57.0. The molecule has 0 fully saturated rings. The molecule has 0 spiro atoms. The number of amides is 3. The van der Waals surface area contributed by atoms with Crippen LogP contribution in [0.25, 0.3) is 16.8 Å². The molecule has 0 saturated carbocycles. The van der Waals surface area contributed by atoms with Crippen molar-refractivity contribution in [2.45, 2.75) is 50.7 Å². The van der Waals surface area contributed by atoms with E-state index in [2.05, 4.69) is 20.0 Å². The molecule has 2 aliphatic rings. The first-order valence-electron chi connectivity index (χ1n) is 21.9. The van der Waals surface area contributed by atoms with Crippen LogP contribution in [0.5, 0.6) is 0 Å². The lowest BCUT2D eigenvalue weighted by Crippen LogP contribution is -2.37. The number of nitrogens with one attached hydrogen (secondary N) is 2. The second kappa shape index (κ2) is 19.6. The van der Waals surface area contributed by atoms with Gasteiger partial charge in [-0.2, -0.15) is 5.10 Å². The second-order valence-corrected chi connectivity index (χ2v) is 19.8. The van der Waals surface area contributed by atoms with Gasteiger partial charge in [-0.3, -0.25) is 19.2 Å². The van der Waals surface area contributed by atoms with Gasteiger partial charge in [0.25, 0.3) is 27.7 Å². The second-order valence-electron chi connectivity index (χ2n) is 16.9. The van der Waals surface area contributed by atoms with Gasteiger partial charge in [0.2, 0.25) is 0 Å². The fourth-order valence-corrected chi connectivity index (χ4v) is 10.2. The highest BCUT2D eigenvalue weighted by Gasteiger charge is 2.30. The minimum absolute atomic E-state index is 0.0462. The summed E-state index contributed by atoms with van der Waals surface area (Å²) in [5.74, 6) is -2.84. The zero-order chi connectivity index (χ0) is 48.6. The maximum Gasteiger partial charge on any atom is 0.307 e. The van der Waals surface area contributed by atoms with Crippen molar-refractivity contribution in [2.24, 2.45) is 0 Å². The van der Waals surface area contributed by atoms with Crippen LogP contribution < -0.4 is 14.9 Å². The van der Waals surface area contributed by atoms with Crippen LogP contribution in [-0.4, -0.2) is 65.0 Å². The SMILES string of the molecule is Cc1c(Cl)c(C(=O)NCc2ccc(-c3ccc(CC(=O)O)cc3)cc2)nn1-c1ccc(C(=O)NS(=O)(=O)c2ccc3c(c2)CCN3Cc2ccc(Cl)c(Cl)c2)cc1C(=O)N1CCc2ccccc2C1. The first-order valence-corrected chi connectivity index (χ1v) is 24.6. The normalized spacial score (nSPS) is 13.2. The minimum atomic E-state index is -4.37. The maximum absolute atomic E-state index is 14.6. The molecule has 7 aromatic rings. The zero-order valence-electron chi connectivity index (χ0n) is 37.0. The number of carbonyl (C=O) groups is 4. The van der Waals surface area contributed by atoms with Crippen molar-refractivity contribution in [3.8, 4) is 16.8 Å². The molecule has 350 valence electrons. The summed E-state index contributed by atoms with van der Waals surface area (Å²) in [6.07, 6.45) is 1.13. The Labute approximate surface area is 413 Å². The van der Waals surface area contributed by atoms with E-state index in [0.717, 1.165) is 44.6 Å². The average molecular weight is 1000 g/mol. The minimum Gasteiger partial charge on any atom is -0.481 e. The van der Waals surface area contributed by atoms with Crippen molar-refractivity contribution < 1.29 is 32.7 Å². The van der Waals surface area contributed by atoms with Crippen LogP contribution in [-0.2, 0) is 53.7 Å². The highest BCUT2D eigenvalue weighted by atomic mass is 35.5. The Morgan fingerprint density at radius 3 is 2.07 bits per heavy atom. The van der Waals surface area contributed by atoms with Crippen LogP contribution in [0.1, 0.15) is 70.3 Å². The van der Waals surface area contributed by atoms with Gasteiger partial charge < -0.3 is 20.2 Å². The molecule has 0 saturated heterocycles. The molecule has 0 atom stereocenters. The van der Waals surface area contributed by atoms with Gasteiger partial charge in [0.05, 0.1) is 43.3 Å². The molecular weight excluding hydrogens is 959 g/mol. The molecule has 13 nitrogen and oxygen atoms in total. The summed E-state index contributed by atoms with van der Waals surface area (Å²) in [7, 11) is -4.37. The number of carboxylic acids is 1. The summed E-state index contributed by atoms with van der Waals surface area (Å²) < 4.78 is 31.2. The van der Waals surface area contributed by atoms with E-state index in [-0.39, 0.29) is 45.4 Å². The van der Waals surface area contributed by atoms with Gasteiger partial charge in [0.1, 0.15) is 0 Å². The van der Waals surface area contributed by atoms with E-state index in [1.165, 1.54) is 28.9 Å². The lowest BCUT2D eigenvalue weighted by Gasteiger charge is -2.29. The van der Waals surface area contributed by atoms with Crippen LogP contribution in [0, 0.1) is 6.92 Å².